The first-order chi connectivity index (χ1) is 9.60. The van der Waals surface area contributed by atoms with Gasteiger partial charge in [0.1, 0.15) is 0 Å². The Morgan fingerprint density at radius 2 is 1.90 bits per heavy atom. The summed E-state index contributed by atoms with van der Waals surface area (Å²) in [5, 5.41) is 8.03. The topological polar surface area (TPSA) is 29.9 Å². The Labute approximate surface area is 122 Å². The molecule has 2 aromatic rings. The third-order valence-corrected chi connectivity index (χ3v) is 3.52. The zero-order chi connectivity index (χ0) is 14.5. The number of aromatic nitrogens is 2. The molecule has 0 spiro atoms. The Balaban J connectivity index is 2.13. The standard InChI is InChI=1S/C17H25N3/c1-5-17-16(10-18-13(2)3)11-19-20(17)12-15-8-6-14(4)7-9-15/h6-9,11,13,18H,5,10,12H2,1-4H3. The van der Waals surface area contributed by atoms with Crippen molar-refractivity contribution in [1.82, 2.24) is 15.1 Å². The molecule has 2 rings (SSSR count). The van der Waals surface area contributed by atoms with Crippen molar-refractivity contribution < 1.29 is 0 Å². The van der Waals surface area contributed by atoms with Gasteiger partial charge in [-0.05, 0) is 18.9 Å². The molecule has 1 heterocycles. The van der Waals surface area contributed by atoms with Gasteiger partial charge in [-0.1, -0.05) is 50.6 Å². The third kappa shape index (κ3) is 3.70. The maximum atomic E-state index is 4.56. The van der Waals surface area contributed by atoms with E-state index in [-0.39, 0.29) is 0 Å². The number of benzene rings is 1. The van der Waals surface area contributed by atoms with Gasteiger partial charge in [0, 0.05) is 23.8 Å². The van der Waals surface area contributed by atoms with E-state index in [4.69, 9.17) is 0 Å². The average Bonchev–Trinajstić information content (AvgIpc) is 2.81. The van der Waals surface area contributed by atoms with E-state index in [1.54, 1.807) is 0 Å². The van der Waals surface area contributed by atoms with Crippen LogP contribution in [0.1, 0.15) is 43.2 Å². The molecule has 0 atom stereocenters. The second kappa shape index (κ2) is 6.71. The summed E-state index contributed by atoms with van der Waals surface area (Å²) in [4.78, 5) is 0. The first-order valence-corrected chi connectivity index (χ1v) is 7.42. The lowest BCUT2D eigenvalue weighted by Gasteiger charge is -2.10. The molecule has 1 aromatic heterocycles. The molecule has 3 nitrogen and oxygen atoms in total. The Hall–Kier alpha value is -1.61. The molecule has 0 amide bonds. The minimum atomic E-state index is 0.500. The van der Waals surface area contributed by atoms with E-state index in [0.717, 1.165) is 19.5 Å². The molecule has 0 fully saturated rings. The van der Waals surface area contributed by atoms with Crippen LogP contribution in [0.5, 0.6) is 0 Å². The van der Waals surface area contributed by atoms with Gasteiger partial charge in [0.2, 0.25) is 0 Å². The molecule has 0 unspecified atom stereocenters. The molecule has 108 valence electrons. The lowest BCUT2D eigenvalue weighted by molar-refractivity contribution is 0.582. The number of aryl methyl sites for hydroxylation is 1. The first kappa shape index (κ1) is 14.8. The fraction of sp³-hybridized carbons (Fsp3) is 0.471. The van der Waals surface area contributed by atoms with E-state index in [0.29, 0.717) is 6.04 Å². The molecule has 0 aliphatic heterocycles. The molecule has 0 saturated carbocycles. The van der Waals surface area contributed by atoms with Crippen molar-refractivity contribution in [3.8, 4) is 0 Å². The van der Waals surface area contributed by atoms with Gasteiger partial charge in [0.05, 0.1) is 12.7 Å². The van der Waals surface area contributed by atoms with Crippen LogP contribution in [-0.2, 0) is 19.5 Å². The predicted octanol–water partition coefficient (Wildman–Crippen LogP) is 3.30. The van der Waals surface area contributed by atoms with Crippen molar-refractivity contribution in [2.24, 2.45) is 0 Å². The summed E-state index contributed by atoms with van der Waals surface area (Å²) >= 11 is 0. The lowest BCUT2D eigenvalue weighted by atomic mass is 10.1. The Morgan fingerprint density at radius 1 is 1.20 bits per heavy atom. The summed E-state index contributed by atoms with van der Waals surface area (Å²) in [5.74, 6) is 0. The summed E-state index contributed by atoms with van der Waals surface area (Å²) in [7, 11) is 0. The minimum absolute atomic E-state index is 0.500. The molecule has 0 saturated heterocycles. The van der Waals surface area contributed by atoms with Crippen LogP contribution in [0.3, 0.4) is 0 Å². The molecule has 0 aliphatic rings. The Bertz CT molecular complexity index is 538. The largest absolute Gasteiger partial charge is 0.310 e. The monoisotopic (exact) mass is 271 g/mol. The van der Waals surface area contributed by atoms with Crippen LogP contribution in [-0.4, -0.2) is 15.8 Å². The fourth-order valence-electron chi connectivity index (χ4n) is 2.32. The van der Waals surface area contributed by atoms with Crippen molar-refractivity contribution in [3.63, 3.8) is 0 Å². The molecule has 1 N–H and O–H groups in total. The molecule has 1 aromatic carbocycles. The smallest absolute Gasteiger partial charge is 0.0662 e. The van der Waals surface area contributed by atoms with Crippen molar-refractivity contribution in [1.29, 1.82) is 0 Å². The van der Waals surface area contributed by atoms with Gasteiger partial charge in [-0.25, -0.2) is 0 Å². The van der Waals surface area contributed by atoms with Gasteiger partial charge in [-0.3, -0.25) is 4.68 Å². The number of rotatable bonds is 6. The van der Waals surface area contributed by atoms with E-state index < -0.39 is 0 Å². The normalized spacial score (nSPS) is 11.2. The summed E-state index contributed by atoms with van der Waals surface area (Å²) in [6, 6.07) is 9.18. The van der Waals surface area contributed by atoms with Crippen LogP contribution in [0.15, 0.2) is 30.5 Å². The highest BCUT2D eigenvalue weighted by atomic mass is 15.3. The van der Waals surface area contributed by atoms with E-state index in [2.05, 4.69) is 67.1 Å². The van der Waals surface area contributed by atoms with Crippen molar-refractivity contribution in [2.75, 3.05) is 0 Å². The van der Waals surface area contributed by atoms with Crippen LogP contribution in [0.2, 0.25) is 0 Å². The molecular weight excluding hydrogens is 246 g/mol. The molecule has 20 heavy (non-hydrogen) atoms. The number of hydrogen-bond acceptors (Lipinski definition) is 2. The van der Waals surface area contributed by atoms with Gasteiger partial charge < -0.3 is 5.32 Å². The predicted molar refractivity (Wildman–Crippen MR) is 83.9 cm³/mol. The summed E-state index contributed by atoms with van der Waals surface area (Å²) in [6.45, 7) is 10.4. The summed E-state index contributed by atoms with van der Waals surface area (Å²) in [5.41, 5.74) is 5.25. The third-order valence-electron chi connectivity index (χ3n) is 3.52. The maximum absolute atomic E-state index is 4.56. The minimum Gasteiger partial charge on any atom is -0.310 e. The number of nitrogens with zero attached hydrogens (tertiary/aromatic N) is 2. The van der Waals surface area contributed by atoms with Crippen LogP contribution in [0.4, 0.5) is 0 Å². The second-order valence-corrected chi connectivity index (χ2v) is 5.65. The Kier molecular flexibility index (Phi) is 4.96. The highest BCUT2D eigenvalue weighted by Gasteiger charge is 2.09. The Morgan fingerprint density at radius 3 is 2.50 bits per heavy atom. The van der Waals surface area contributed by atoms with Gasteiger partial charge >= 0.3 is 0 Å². The molecule has 0 aliphatic carbocycles. The quantitative estimate of drug-likeness (QED) is 0.873. The highest BCUT2D eigenvalue weighted by Crippen LogP contribution is 2.13. The molecular formula is C17H25N3. The van der Waals surface area contributed by atoms with Crippen molar-refractivity contribution in [3.05, 3.63) is 52.8 Å². The van der Waals surface area contributed by atoms with E-state index >= 15 is 0 Å². The first-order valence-electron chi connectivity index (χ1n) is 7.42. The van der Waals surface area contributed by atoms with Crippen molar-refractivity contribution in [2.45, 2.75) is 53.2 Å². The fourth-order valence-corrected chi connectivity index (χ4v) is 2.32. The number of hydrogen-bond donors (Lipinski definition) is 1. The average molecular weight is 271 g/mol. The van der Waals surface area contributed by atoms with Crippen molar-refractivity contribution >= 4 is 0 Å². The van der Waals surface area contributed by atoms with E-state index in [1.807, 2.05) is 6.20 Å². The molecule has 0 radical (unpaired) electrons. The van der Waals surface area contributed by atoms with Crippen LogP contribution in [0.25, 0.3) is 0 Å². The SMILES string of the molecule is CCc1c(CNC(C)C)cnn1Cc1ccc(C)cc1. The molecule has 3 heteroatoms. The van der Waals surface area contributed by atoms with Gasteiger partial charge in [-0.2, -0.15) is 5.10 Å². The summed E-state index contributed by atoms with van der Waals surface area (Å²) < 4.78 is 2.13. The molecule has 0 bridgehead atoms. The van der Waals surface area contributed by atoms with Crippen LogP contribution in [0, 0.1) is 6.92 Å². The second-order valence-electron chi connectivity index (χ2n) is 5.65. The van der Waals surface area contributed by atoms with E-state index in [9.17, 15) is 0 Å². The zero-order valence-corrected chi connectivity index (χ0v) is 13.0. The van der Waals surface area contributed by atoms with Crippen LogP contribution >= 0.6 is 0 Å². The van der Waals surface area contributed by atoms with Gasteiger partial charge in [-0.15, -0.1) is 0 Å². The van der Waals surface area contributed by atoms with Gasteiger partial charge in [0.25, 0.3) is 0 Å². The van der Waals surface area contributed by atoms with E-state index in [1.165, 1.54) is 22.4 Å². The number of nitrogens with one attached hydrogen (secondary N) is 1. The van der Waals surface area contributed by atoms with Gasteiger partial charge in [0.15, 0.2) is 0 Å². The maximum Gasteiger partial charge on any atom is 0.0662 e. The zero-order valence-electron chi connectivity index (χ0n) is 13.0. The van der Waals surface area contributed by atoms with Crippen LogP contribution < -0.4 is 5.32 Å². The highest BCUT2D eigenvalue weighted by molar-refractivity contribution is 5.23. The lowest BCUT2D eigenvalue weighted by Crippen LogP contribution is -2.22. The summed E-state index contributed by atoms with van der Waals surface area (Å²) in [6.07, 6.45) is 3.02.